The molecule has 2 amide bonds. The zero-order valence-corrected chi connectivity index (χ0v) is 17.2. The number of benzene rings is 2. The summed E-state index contributed by atoms with van der Waals surface area (Å²) in [6, 6.07) is 15.3. The quantitative estimate of drug-likeness (QED) is 0.444. The molecule has 0 spiro atoms. The molecule has 0 aliphatic rings. The highest BCUT2D eigenvalue weighted by molar-refractivity contribution is 8.00. The highest BCUT2D eigenvalue weighted by Crippen LogP contribution is 2.36. The van der Waals surface area contributed by atoms with Crippen LogP contribution in [0.4, 0.5) is 13.2 Å². The van der Waals surface area contributed by atoms with E-state index in [9.17, 15) is 22.8 Å². The van der Waals surface area contributed by atoms with Gasteiger partial charge in [-0.3, -0.25) is 9.59 Å². The average molecular weight is 454 g/mol. The molecule has 2 aromatic carbocycles. The third kappa shape index (κ3) is 8.39. The van der Waals surface area contributed by atoms with E-state index in [1.807, 2.05) is 6.07 Å². The van der Waals surface area contributed by atoms with Crippen molar-refractivity contribution >= 4 is 35.3 Å². The van der Waals surface area contributed by atoms with Crippen LogP contribution in [0.15, 0.2) is 59.5 Å². The molecule has 0 fully saturated rings. The Kier molecular flexibility index (Phi) is 9.08. The number of alkyl halides is 3. The molecule has 10 heteroatoms. The Bertz CT molecular complexity index is 885. The number of carbonyl (C=O) groups is 2. The Balaban J connectivity index is 1.94. The summed E-state index contributed by atoms with van der Waals surface area (Å²) in [5.41, 5.74) is -3.15. The SMILES string of the molecule is N#CCNC(=O)[C@H](CSCc1ccc(SC(F)(F)F)cc1)NC(=O)c1ccccc1. The van der Waals surface area contributed by atoms with Gasteiger partial charge in [0.15, 0.2) is 0 Å². The average Bonchev–Trinajstić information content (AvgIpc) is 2.72. The van der Waals surface area contributed by atoms with E-state index in [0.29, 0.717) is 11.3 Å². The number of carbonyl (C=O) groups excluding carboxylic acids is 2. The summed E-state index contributed by atoms with van der Waals surface area (Å²) in [4.78, 5) is 24.7. The van der Waals surface area contributed by atoms with Gasteiger partial charge in [-0.1, -0.05) is 30.3 Å². The van der Waals surface area contributed by atoms with Crippen LogP contribution in [-0.4, -0.2) is 35.7 Å². The largest absolute Gasteiger partial charge is 0.446 e. The highest BCUT2D eigenvalue weighted by Gasteiger charge is 2.29. The number of amides is 2. The zero-order chi connectivity index (χ0) is 22.0. The van der Waals surface area contributed by atoms with Gasteiger partial charge in [0.25, 0.3) is 5.91 Å². The summed E-state index contributed by atoms with van der Waals surface area (Å²) in [6.07, 6.45) is 0. The molecule has 0 heterocycles. The molecule has 5 nitrogen and oxygen atoms in total. The lowest BCUT2D eigenvalue weighted by Crippen LogP contribution is -2.48. The van der Waals surface area contributed by atoms with Gasteiger partial charge >= 0.3 is 5.51 Å². The molecule has 2 rings (SSSR count). The fraction of sp³-hybridized carbons (Fsp3) is 0.250. The van der Waals surface area contributed by atoms with Gasteiger partial charge in [-0.05, 0) is 41.6 Å². The highest BCUT2D eigenvalue weighted by atomic mass is 32.2. The van der Waals surface area contributed by atoms with Gasteiger partial charge in [-0.15, -0.1) is 0 Å². The van der Waals surface area contributed by atoms with Crippen molar-refractivity contribution in [2.24, 2.45) is 0 Å². The second-order valence-corrected chi connectivity index (χ2v) is 8.14. The predicted octanol–water partition coefficient (Wildman–Crippen LogP) is 3.97. The van der Waals surface area contributed by atoms with Crippen molar-refractivity contribution in [2.45, 2.75) is 22.2 Å². The Labute approximate surface area is 180 Å². The summed E-state index contributed by atoms with van der Waals surface area (Å²) in [5.74, 6) is -0.221. The minimum atomic E-state index is -4.34. The topological polar surface area (TPSA) is 82.0 Å². The summed E-state index contributed by atoms with van der Waals surface area (Å²) < 4.78 is 37.2. The Morgan fingerprint density at radius 1 is 1.07 bits per heavy atom. The van der Waals surface area contributed by atoms with E-state index in [1.54, 1.807) is 42.5 Å². The Morgan fingerprint density at radius 2 is 1.73 bits per heavy atom. The standard InChI is InChI=1S/C20H18F3N3O2S2/c21-20(22,23)30-16-8-6-14(7-9-16)12-29-13-17(19(28)25-11-10-24)26-18(27)15-4-2-1-3-5-15/h1-9,17H,11-13H2,(H,25,28)(H,26,27)/t17-/m0/s1. The summed E-state index contributed by atoms with van der Waals surface area (Å²) >= 11 is 1.17. The first kappa shape index (κ1) is 23.6. The number of thioether (sulfide) groups is 2. The maximum atomic E-state index is 12.4. The minimum absolute atomic E-state index is 0.0973. The maximum Gasteiger partial charge on any atom is 0.446 e. The normalized spacial score (nSPS) is 11.9. The summed E-state index contributed by atoms with van der Waals surface area (Å²) in [7, 11) is 0. The molecule has 0 saturated carbocycles. The molecule has 0 aliphatic heterocycles. The molecule has 2 N–H and O–H groups in total. The van der Waals surface area contributed by atoms with Gasteiger partial charge in [0.05, 0.1) is 6.07 Å². The van der Waals surface area contributed by atoms with E-state index in [-0.39, 0.29) is 29.0 Å². The number of hydrogen-bond donors (Lipinski definition) is 2. The molecule has 158 valence electrons. The molecule has 1 atom stereocenters. The molecule has 0 unspecified atom stereocenters. The van der Waals surface area contributed by atoms with Crippen LogP contribution in [0.25, 0.3) is 0 Å². The van der Waals surface area contributed by atoms with Crippen molar-refractivity contribution in [1.82, 2.24) is 10.6 Å². The van der Waals surface area contributed by atoms with E-state index >= 15 is 0 Å². The third-order valence-electron chi connectivity index (χ3n) is 3.71. The Morgan fingerprint density at radius 3 is 2.33 bits per heavy atom. The molecule has 30 heavy (non-hydrogen) atoms. The maximum absolute atomic E-state index is 12.4. The monoisotopic (exact) mass is 453 g/mol. The van der Waals surface area contributed by atoms with Gasteiger partial charge in [0, 0.05) is 22.0 Å². The number of nitrogens with zero attached hydrogens (tertiary/aromatic N) is 1. The molecule has 0 radical (unpaired) electrons. The number of rotatable bonds is 9. The first-order chi connectivity index (χ1) is 14.3. The van der Waals surface area contributed by atoms with Crippen LogP contribution >= 0.6 is 23.5 Å². The second-order valence-electron chi connectivity index (χ2n) is 5.97. The van der Waals surface area contributed by atoms with E-state index in [1.165, 1.54) is 23.9 Å². The third-order valence-corrected chi connectivity index (χ3v) is 5.56. The van der Waals surface area contributed by atoms with Gasteiger partial charge in [0.1, 0.15) is 12.6 Å². The predicted molar refractivity (Wildman–Crippen MR) is 111 cm³/mol. The van der Waals surface area contributed by atoms with Crippen LogP contribution in [0, 0.1) is 11.3 Å². The van der Waals surface area contributed by atoms with Gasteiger partial charge in [-0.25, -0.2) is 0 Å². The molecular formula is C20H18F3N3O2S2. The van der Waals surface area contributed by atoms with Crippen molar-refractivity contribution in [3.8, 4) is 6.07 Å². The van der Waals surface area contributed by atoms with Crippen molar-refractivity contribution in [2.75, 3.05) is 12.3 Å². The number of nitrogens with one attached hydrogen (secondary N) is 2. The molecular weight excluding hydrogens is 435 g/mol. The molecule has 0 bridgehead atoms. The zero-order valence-electron chi connectivity index (χ0n) is 15.6. The number of nitriles is 1. The molecule has 0 aromatic heterocycles. The molecule has 0 saturated heterocycles. The molecule has 2 aromatic rings. The van der Waals surface area contributed by atoms with E-state index in [0.717, 1.165) is 5.56 Å². The van der Waals surface area contributed by atoms with Gasteiger partial charge in [-0.2, -0.15) is 30.2 Å². The second kappa shape index (κ2) is 11.5. The van der Waals surface area contributed by atoms with Gasteiger partial charge < -0.3 is 10.6 Å². The lowest BCUT2D eigenvalue weighted by Gasteiger charge is -2.17. The van der Waals surface area contributed by atoms with Crippen molar-refractivity contribution in [3.63, 3.8) is 0 Å². The number of hydrogen-bond acceptors (Lipinski definition) is 5. The fourth-order valence-corrected chi connectivity index (χ4v) is 3.90. The summed E-state index contributed by atoms with van der Waals surface area (Å²) in [5, 5.41) is 13.7. The first-order valence-electron chi connectivity index (χ1n) is 8.71. The first-order valence-corrected chi connectivity index (χ1v) is 10.7. The number of halogens is 3. The minimum Gasteiger partial charge on any atom is -0.341 e. The van der Waals surface area contributed by atoms with Crippen molar-refractivity contribution in [3.05, 3.63) is 65.7 Å². The lowest BCUT2D eigenvalue weighted by molar-refractivity contribution is -0.122. The van der Waals surface area contributed by atoms with Crippen LogP contribution in [-0.2, 0) is 10.5 Å². The van der Waals surface area contributed by atoms with E-state index in [2.05, 4.69) is 10.6 Å². The summed E-state index contributed by atoms with van der Waals surface area (Å²) in [6.45, 7) is -0.181. The van der Waals surface area contributed by atoms with E-state index in [4.69, 9.17) is 5.26 Å². The van der Waals surface area contributed by atoms with E-state index < -0.39 is 23.4 Å². The lowest BCUT2D eigenvalue weighted by atomic mass is 10.2. The van der Waals surface area contributed by atoms with Crippen LogP contribution in [0.3, 0.4) is 0 Å². The van der Waals surface area contributed by atoms with Crippen LogP contribution in [0.2, 0.25) is 0 Å². The molecule has 0 aliphatic carbocycles. The van der Waals surface area contributed by atoms with Crippen LogP contribution in [0.5, 0.6) is 0 Å². The van der Waals surface area contributed by atoms with Gasteiger partial charge in [0.2, 0.25) is 5.91 Å². The smallest absolute Gasteiger partial charge is 0.341 e. The Hall–Kier alpha value is -2.64. The van der Waals surface area contributed by atoms with Crippen LogP contribution < -0.4 is 10.6 Å². The van der Waals surface area contributed by atoms with Crippen molar-refractivity contribution in [1.29, 1.82) is 5.26 Å². The fourth-order valence-electron chi connectivity index (χ4n) is 2.35. The van der Waals surface area contributed by atoms with Crippen molar-refractivity contribution < 1.29 is 22.8 Å². The van der Waals surface area contributed by atoms with Crippen LogP contribution in [0.1, 0.15) is 15.9 Å².